The quantitative estimate of drug-likeness (QED) is 0.407. The van der Waals surface area contributed by atoms with Gasteiger partial charge in [-0.2, -0.15) is 0 Å². The predicted octanol–water partition coefficient (Wildman–Crippen LogP) is 2.89. The van der Waals surface area contributed by atoms with E-state index in [1.807, 2.05) is 13.8 Å². The number of carbonyl (C=O) groups excluding carboxylic acids is 2. The smallest absolute Gasteiger partial charge is 0.303 e. The molecule has 9 nitrogen and oxygen atoms in total. The van der Waals surface area contributed by atoms with E-state index in [-0.39, 0.29) is 18.1 Å². The molecule has 0 radical (unpaired) electrons. The van der Waals surface area contributed by atoms with Gasteiger partial charge in [-0.15, -0.1) is 0 Å². The third-order valence-corrected chi connectivity index (χ3v) is 5.31. The molecule has 1 amide bonds. The number of esters is 1. The average Bonchev–Trinajstić information content (AvgIpc) is 3.01. The summed E-state index contributed by atoms with van der Waals surface area (Å²) in [7, 11) is 0. The van der Waals surface area contributed by atoms with Crippen molar-refractivity contribution in [3.05, 3.63) is 45.7 Å². The molecule has 3 rings (SSSR count). The molecule has 0 aromatic heterocycles. The first-order valence-electron chi connectivity index (χ1n) is 9.48. The van der Waals surface area contributed by atoms with Gasteiger partial charge in [-0.25, -0.2) is 0 Å². The Bertz CT molecular complexity index is 882. The number of fused-ring (bicyclic) bond motifs is 1. The molecule has 0 saturated carbocycles. The maximum atomic E-state index is 12.8. The van der Waals surface area contributed by atoms with Gasteiger partial charge >= 0.3 is 5.97 Å². The van der Waals surface area contributed by atoms with Gasteiger partial charge in [0.25, 0.3) is 11.6 Å². The van der Waals surface area contributed by atoms with Gasteiger partial charge in [-0.3, -0.25) is 19.7 Å². The van der Waals surface area contributed by atoms with E-state index in [2.05, 4.69) is 0 Å². The Labute approximate surface area is 168 Å². The Balaban J connectivity index is 2.14. The molecule has 0 saturated heterocycles. The highest BCUT2D eigenvalue weighted by molar-refractivity contribution is 5.91. The van der Waals surface area contributed by atoms with Crippen LogP contribution in [0.3, 0.4) is 0 Å². The normalized spacial score (nSPS) is 25.7. The molecular weight excluding hydrogens is 380 g/mol. The molecule has 2 aliphatic rings. The fourth-order valence-electron chi connectivity index (χ4n) is 3.77. The van der Waals surface area contributed by atoms with Crippen LogP contribution in [-0.4, -0.2) is 46.6 Å². The van der Waals surface area contributed by atoms with Crippen LogP contribution in [0.15, 0.2) is 30.0 Å². The first kappa shape index (κ1) is 20.6. The summed E-state index contributed by atoms with van der Waals surface area (Å²) in [6.07, 6.45) is 1.04. The van der Waals surface area contributed by atoms with Crippen LogP contribution in [0.4, 0.5) is 5.69 Å². The van der Waals surface area contributed by atoms with Crippen molar-refractivity contribution in [1.29, 1.82) is 0 Å². The van der Waals surface area contributed by atoms with Gasteiger partial charge in [0.2, 0.25) is 0 Å². The second kappa shape index (κ2) is 7.73. The average molecular weight is 404 g/mol. The van der Waals surface area contributed by atoms with Gasteiger partial charge in [0.1, 0.15) is 23.2 Å². The molecule has 0 fully saturated rings. The second-order valence-electron chi connectivity index (χ2n) is 7.23. The van der Waals surface area contributed by atoms with Crippen LogP contribution in [-0.2, 0) is 19.1 Å². The molecule has 1 unspecified atom stereocenters. The zero-order chi connectivity index (χ0) is 21.3. The molecule has 29 heavy (non-hydrogen) atoms. The van der Waals surface area contributed by atoms with Crippen LogP contribution in [0.5, 0.6) is 5.75 Å². The summed E-state index contributed by atoms with van der Waals surface area (Å²) in [4.78, 5) is 37.0. The lowest BCUT2D eigenvalue weighted by molar-refractivity contribution is -0.385. The third kappa shape index (κ3) is 3.76. The van der Waals surface area contributed by atoms with Crippen molar-refractivity contribution in [2.45, 2.75) is 51.9 Å². The van der Waals surface area contributed by atoms with Gasteiger partial charge in [0, 0.05) is 30.7 Å². The second-order valence-corrected chi connectivity index (χ2v) is 7.23. The number of amides is 1. The van der Waals surface area contributed by atoms with E-state index in [1.165, 1.54) is 36.1 Å². The Hall–Kier alpha value is -3.10. The van der Waals surface area contributed by atoms with E-state index < -0.39 is 28.6 Å². The highest BCUT2D eigenvalue weighted by Gasteiger charge is 2.52. The number of nitrogens with zero attached hydrogens (tertiary/aromatic N) is 2. The lowest BCUT2D eigenvalue weighted by atomic mass is 9.82. The Kier molecular flexibility index (Phi) is 5.50. The molecule has 0 bridgehead atoms. The van der Waals surface area contributed by atoms with Crippen LogP contribution in [0.25, 0.3) is 0 Å². The Morgan fingerprint density at radius 1 is 1.41 bits per heavy atom. The monoisotopic (exact) mass is 404 g/mol. The number of nitro benzene ring substituents is 1. The molecule has 0 aliphatic carbocycles. The summed E-state index contributed by atoms with van der Waals surface area (Å²) in [5.41, 5.74) is -0.631. The largest absolute Gasteiger partial charge is 0.496 e. The van der Waals surface area contributed by atoms with E-state index in [9.17, 15) is 19.7 Å². The van der Waals surface area contributed by atoms with Crippen LogP contribution < -0.4 is 4.74 Å². The highest BCUT2D eigenvalue weighted by Crippen LogP contribution is 2.47. The van der Waals surface area contributed by atoms with Crippen molar-refractivity contribution >= 4 is 17.6 Å². The summed E-state index contributed by atoms with van der Waals surface area (Å²) in [6, 6.07) is 3.50. The van der Waals surface area contributed by atoms with Crippen molar-refractivity contribution < 1.29 is 28.7 Å². The number of rotatable bonds is 6. The van der Waals surface area contributed by atoms with Gasteiger partial charge in [0.05, 0.1) is 18.1 Å². The molecule has 2 aliphatic heterocycles. The summed E-state index contributed by atoms with van der Waals surface area (Å²) in [5.74, 6) is 0.0805. The zero-order valence-corrected chi connectivity index (χ0v) is 16.8. The minimum absolute atomic E-state index is 0.135. The summed E-state index contributed by atoms with van der Waals surface area (Å²) in [6.45, 7) is 7.37. The maximum absolute atomic E-state index is 12.8. The molecular formula is C20H24N2O7. The number of nitro groups is 1. The molecule has 9 heteroatoms. The van der Waals surface area contributed by atoms with E-state index >= 15 is 0 Å². The first-order chi connectivity index (χ1) is 13.7. The molecule has 1 aromatic carbocycles. The van der Waals surface area contributed by atoms with Gasteiger partial charge in [-0.1, -0.05) is 6.92 Å². The van der Waals surface area contributed by atoms with Crippen molar-refractivity contribution in [2.75, 3.05) is 13.2 Å². The first-order valence-corrected chi connectivity index (χ1v) is 9.48. The Morgan fingerprint density at radius 3 is 2.72 bits per heavy atom. The van der Waals surface area contributed by atoms with Gasteiger partial charge < -0.3 is 19.1 Å². The Morgan fingerprint density at radius 2 is 2.14 bits per heavy atom. The summed E-state index contributed by atoms with van der Waals surface area (Å²) < 4.78 is 17.3. The van der Waals surface area contributed by atoms with Gasteiger partial charge in [0.15, 0.2) is 6.10 Å². The third-order valence-electron chi connectivity index (χ3n) is 5.31. The molecule has 1 aromatic rings. The molecule has 0 spiro atoms. The lowest BCUT2D eigenvalue weighted by Gasteiger charge is -2.47. The van der Waals surface area contributed by atoms with E-state index in [0.29, 0.717) is 30.1 Å². The zero-order valence-electron chi connectivity index (χ0n) is 16.8. The topological polar surface area (TPSA) is 108 Å². The van der Waals surface area contributed by atoms with Crippen molar-refractivity contribution in [3.63, 3.8) is 0 Å². The summed E-state index contributed by atoms with van der Waals surface area (Å²) >= 11 is 0. The standard InChI is InChI=1S/C20H24N2O7/c1-5-20(4)19(28-12(3)23)18(21-11-14(27-6-2)10-17(21)24)15-9-13(22(25)26)7-8-16(15)29-20/h7-10,18-19H,5-6,11H2,1-4H3/t18?,19-,20+/m1/s1. The fourth-order valence-corrected chi connectivity index (χ4v) is 3.77. The minimum Gasteiger partial charge on any atom is -0.496 e. The van der Waals surface area contributed by atoms with Crippen LogP contribution in [0, 0.1) is 10.1 Å². The predicted molar refractivity (Wildman–Crippen MR) is 102 cm³/mol. The molecule has 156 valence electrons. The SMILES string of the molecule is CCOC1=CC(=O)N(C2c3cc([N+](=O)[O-])ccc3O[C@@](C)(CC)[C@@H]2OC(C)=O)C1. The number of carbonyl (C=O) groups is 2. The molecule has 0 N–H and O–H groups in total. The number of hydrogen-bond acceptors (Lipinski definition) is 7. The number of ether oxygens (including phenoxy) is 3. The van der Waals surface area contributed by atoms with Crippen molar-refractivity contribution in [1.82, 2.24) is 4.90 Å². The number of benzene rings is 1. The van der Waals surface area contributed by atoms with E-state index in [1.54, 1.807) is 6.92 Å². The summed E-state index contributed by atoms with van der Waals surface area (Å²) in [5, 5.41) is 11.3. The number of hydrogen-bond donors (Lipinski definition) is 0. The van der Waals surface area contributed by atoms with Crippen molar-refractivity contribution in [3.8, 4) is 5.75 Å². The van der Waals surface area contributed by atoms with Gasteiger partial charge in [-0.05, 0) is 26.3 Å². The highest BCUT2D eigenvalue weighted by atomic mass is 16.6. The lowest BCUT2D eigenvalue weighted by Crippen LogP contribution is -2.57. The number of non-ortho nitro benzene ring substituents is 1. The maximum Gasteiger partial charge on any atom is 0.303 e. The fraction of sp³-hybridized carbons (Fsp3) is 0.500. The van der Waals surface area contributed by atoms with E-state index in [4.69, 9.17) is 14.2 Å². The van der Waals surface area contributed by atoms with Crippen LogP contribution in [0.2, 0.25) is 0 Å². The minimum atomic E-state index is -0.923. The van der Waals surface area contributed by atoms with E-state index in [0.717, 1.165) is 0 Å². The van der Waals surface area contributed by atoms with Crippen molar-refractivity contribution in [2.24, 2.45) is 0 Å². The van der Waals surface area contributed by atoms with Crippen LogP contribution >= 0.6 is 0 Å². The molecule has 2 heterocycles. The van der Waals surface area contributed by atoms with Crippen LogP contribution in [0.1, 0.15) is 45.7 Å². The molecule has 3 atom stereocenters.